The third-order valence-corrected chi connectivity index (χ3v) is 3.07. The Bertz CT molecular complexity index is 484. The first kappa shape index (κ1) is 13.0. The summed E-state index contributed by atoms with van der Waals surface area (Å²) < 4.78 is 31.6. The van der Waals surface area contributed by atoms with Crippen LogP contribution in [0.4, 0.5) is 8.78 Å². The maximum absolute atomic E-state index is 13.5. The first-order valence-corrected chi connectivity index (χ1v) is 5.73. The molecule has 1 amide bonds. The van der Waals surface area contributed by atoms with Gasteiger partial charge in [-0.15, -0.1) is 0 Å². The molecule has 0 saturated carbocycles. The molecule has 0 radical (unpaired) electrons. The van der Waals surface area contributed by atoms with Gasteiger partial charge in [-0.1, -0.05) is 6.92 Å². The van der Waals surface area contributed by atoms with Crippen molar-refractivity contribution in [2.45, 2.75) is 13.8 Å². The van der Waals surface area contributed by atoms with Gasteiger partial charge in [0.05, 0.1) is 18.8 Å². The lowest BCUT2D eigenvalue weighted by Gasteiger charge is -2.38. The van der Waals surface area contributed by atoms with E-state index in [2.05, 4.69) is 5.32 Å². The van der Waals surface area contributed by atoms with E-state index in [1.807, 2.05) is 6.92 Å². The maximum Gasteiger partial charge on any atom is 0.254 e. The van der Waals surface area contributed by atoms with Crippen molar-refractivity contribution >= 4 is 5.91 Å². The fourth-order valence-electron chi connectivity index (χ4n) is 1.77. The lowest BCUT2D eigenvalue weighted by Crippen LogP contribution is -2.48. The molecule has 1 heterocycles. The highest BCUT2D eigenvalue weighted by atomic mass is 19.1. The van der Waals surface area contributed by atoms with E-state index in [0.29, 0.717) is 19.8 Å². The van der Waals surface area contributed by atoms with Gasteiger partial charge in [-0.2, -0.15) is 0 Å². The van der Waals surface area contributed by atoms with Gasteiger partial charge in [0, 0.05) is 18.0 Å². The monoisotopic (exact) mass is 255 g/mol. The number of carbonyl (C=O) groups is 1. The number of amides is 1. The van der Waals surface area contributed by atoms with Crippen LogP contribution in [0, 0.1) is 24.0 Å². The molecule has 0 atom stereocenters. The lowest BCUT2D eigenvalue weighted by atomic mass is 9.88. The summed E-state index contributed by atoms with van der Waals surface area (Å²) in [6.07, 6.45) is 0. The van der Waals surface area contributed by atoms with Crippen LogP contribution in [0.1, 0.15) is 22.8 Å². The molecule has 1 saturated heterocycles. The fourth-order valence-corrected chi connectivity index (χ4v) is 1.77. The third-order valence-electron chi connectivity index (χ3n) is 3.07. The number of aryl methyl sites for hydroxylation is 1. The van der Waals surface area contributed by atoms with E-state index in [0.717, 1.165) is 6.07 Å². The topological polar surface area (TPSA) is 38.3 Å². The molecule has 0 aliphatic carbocycles. The molecule has 5 heteroatoms. The molecule has 0 aromatic heterocycles. The largest absolute Gasteiger partial charge is 0.380 e. The Hall–Kier alpha value is -1.49. The highest BCUT2D eigenvalue weighted by Crippen LogP contribution is 2.25. The number of ether oxygens (including phenoxy) is 1. The molecular weight excluding hydrogens is 240 g/mol. The Morgan fingerprint density at radius 1 is 1.39 bits per heavy atom. The number of halogens is 2. The number of carbonyl (C=O) groups excluding carboxylic acids is 1. The van der Waals surface area contributed by atoms with E-state index in [4.69, 9.17) is 4.74 Å². The molecule has 1 fully saturated rings. The Morgan fingerprint density at radius 2 is 2.06 bits per heavy atom. The highest BCUT2D eigenvalue weighted by molar-refractivity contribution is 5.94. The molecule has 1 aliphatic rings. The van der Waals surface area contributed by atoms with Crippen LogP contribution < -0.4 is 5.32 Å². The van der Waals surface area contributed by atoms with E-state index in [-0.39, 0.29) is 16.5 Å². The first-order valence-electron chi connectivity index (χ1n) is 5.73. The average Bonchev–Trinajstić information content (AvgIpc) is 2.28. The van der Waals surface area contributed by atoms with Gasteiger partial charge in [-0.25, -0.2) is 8.78 Å². The SMILES string of the molecule is Cc1cc(C(=O)NCC2(C)COC2)c(F)cc1F. The van der Waals surface area contributed by atoms with Crippen molar-refractivity contribution in [3.63, 3.8) is 0 Å². The summed E-state index contributed by atoms with van der Waals surface area (Å²) in [6.45, 7) is 5.05. The summed E-state index contributed by atoms with van der Waals surface area (Å²) in [7, 11) is 0. The van der Waals surface area contributed by atoms with Crippen molar-refractivity contribution in [1.82, 2.24) is 5.32 Å². The summed E-state index contributed by atoms with van der Waals surface area (Å²) in [5.74, 6) is -2.02. The number of hydrogen-bond acceptors (Lipinski definition) is 2. The highest BCUT2D eigenvalue weighted by Gasteiger charge is 2.33. The zero-order valence-electron chi connectivity index (χ0n) is 10.3. The summed E-state index contributed by atoms with van der Waals surface area (Å²) >= 11 is 0. The molecule has 0 spiro atoms. The van der Waals surface area contributed by atoms with Crippen LogP contribution in [0.5, 0.6) is 0 Å². The van der Waals surface area contributed by atoms with Crippen LogP contribution in [0.25, 0.3) is 0 Å². The zero-order valence-corrected chi connectivity index (χ0v) is 10.3. The quantitative estimate of drug-likeness (QED) is 0.897. The third kappa shape index (κ3) is 2.51. The molecule has 0 bridgehead atoms. The van der Waals surface area contributed by atoms with Crippen molar-refractivity contribution in [3.05, 3.63) is 34.9 Å². The van der Waals surface area contributed by atoms with E-state index in [1.54, 1.807) is 0 Å². The molecule has 1 aromatic rings. The second-order valence-electron chi connectivity index (χ2n) is 5.07. The van der Waals surface area contributed by atoms with Gasteiger partial charge in [0.1, 0.15) is 11.6 Å². The molecule has 2 rings (SSSR count). The number of rotatable bonds is 3. The number of nitrogens with one attached hydrogen (secondary N) is 1. The molecule has 3 nitrogen and oxygen atoms in total. The predicted molar refractivity (Wildman–Crippen MR) is 62.4 cm³/mol. The zero-order chi connectivity index (χ0) is 13.3. The van der Waals surface area contributed by atoms with E-state index in [9.17, 15) is 13.6 Å². The van der Waals surface area contributed by atoms with Crippen LogP contribution in [0.3, 0.4) is 0 Å². The molecular formula is C13H15F2NO2. The van der Waals surface area contributed by atoms with Crippen molar-refractivity contribution in [3.8, 4) is 0 Å². The second kappa shape index (κ2) is 4.65. The number of hydrogen-bond donors (Lipinski definition) is 1. The van der Waals surface area contributed by atoms with Crippen molar-refractivity contribution in [2.75, 3.05) is 19.8 Å². The minimum absolute atomic E-state index is 0.0821. The van der Waals surface area contributed by atoms with Crippen LogP contribution in [0.15, 0.2) is 12.1 Å². The van der Waals surface area contributed by atoms with Gasteiger partial charge in [0.2, 0.25) is 0 Å². The number of benzene rings is 1. The Kier molecular flexibility index (Phi) is 3.34. The van der Waals surface area contributed by atoms with Crippen LogP contribution >= 0.6 is 0 Å². The van der Waals surface area contributed by atoms with Crippen molar-refractivity contribution in [2.24, 2.45) is 5.41 Å². The van der Waals surface area contributed by atoms with Crippen LogP contribution in [-0.2, 0) is 4.74 Å². The molecule has 1 aromatic carbocycles. The maximum atomic E-state index is 13.5. The molecule has 1 N–H and O–H groups in total. The van der Waals surface area contributed by atoms with Crippen LogP contribution in [0.2, 0.25) is 0 Å². The van der Waals surface area contributed by atoms with Gasteiger partial charge in [0.15, 0.2) is 0 Å². The average molecular weight is 255 g/mol. The van der Waals surface area contributed by atoms with E-state index in [1.165, 1.54) is 13.0 Å². The Balaban J connectivity index is 2.06. The van der Waals surface area contributed by atoms with Gasteiger partial charge >= 0.3 is 0 Å². The minimum atomic E-state index is -0.842. The standard InChI is InChI=1S/C13H15F2NO2/c1-8-3-9(11(15)4-10(8)14)12(17)16-5-13(2)6-18-7-13/h3-4H,5-7H2,1-2H3,(H,16,17). The summed E-state index contributed by atoms with van der Waals surface area (Å²) in [5, 5.41) is 2.65. The van der Waals surface area contributed by atoms with Crippen molar-refractivity contribution in [1.29, 1.82) is 0 Å². The Morgan fingerprint density at radius 3 is 2.61 bits per heavy atom. The summed E-state index contributed by atoms with van der Waals surface area (Å²) in [4.78, 5) is 11.8. The van der Waals surface area contributed by atoms with Gasteiger partial charge < -0.3 is 10.1 Å². The summed E-state index contributed by atoms with van der Waals surface area (Å²) in [6, 6.07) is 1.96. The van der Waals surface area contributed by atoms with Gasteiger partial charge in [-0.3, -0.25) is 4.79 Å². The Labute approximate surface area is 104 Å². The molecule has 1 aliphatic heterocycles. The second-order valence-corrected chi connectivity index (χ2v) is 5.07. The normalized spacial score (nSPS) is 17.1. The molecule has 98 valence electrons. The first-order chi connectivity index (χ1) is 8.41. The molecule has 18 heavy (non-hydrogen) atoms. The smallest absolute Gasteiger partial charge is 0.254 e. The van der Waals surface area contributed by atoms with Crippen molar-refractivity contribution < 1.29 is 18.3 Å². The lowest BCUT2D eigenvalue weighted by molar-refractivity contribution is -0.0978. The van der Waals surface area contributed by atoms with Gasteiger partial charge in [-0.05, 0) is 18.6 Å². The molecule has 0 unspecified atom stereocenters. The van der Waals surface area contributed by atoms with Gasteiger partial charge in [0.25, 0.3) is 5.91 Å². The minimum Gasteiger partial charge on any atom is -0.380 e. The van der Waals surface area contributed by atoms with E-state index < -0.39 is 17.5 Å². The van der Waals surface area contributed by atoms with Crippen LogP contribution in [-0.4, -0.2) is 25.7 Å². The van der Waals surface area contributed by atoms with E-state index >= 15 is 0 Å². The summed E-state index contributed by atoms with van der Waals surface area (Å²) in [5.41, 5.74) is 0.0405. The predicted octanol–water partition coefficient (Wildman–Crippen LogP) is 2.04. The fraction of sp³-hybridized carbons (Fsp3) is 0.462.